The van der Waals surface area contributed by atoms with E-state index in [0.717, 1.165) is 43.4 Å². The summed E-state index contributed by atoms with van der Waals surface area (Å²) in [5.41, 5.74) is 2.29. The van der Waals surface area contributed by atoms with Gasteiger partial charge in [-0.1, -0.05) is 56.2 Å². The summed E-state index contributed by atoms with van der Waals surface area (Å²) >= 11 is 0. The molecule has 2 aromatic carbocycles. The molecule has 0 aliphatic heterocycles. The van der Waals surface area contributed by atoms with Crippen molar-refractivity contribution in [3.63, 3.8) is 0 Å². The predicted octanol–water partition coefficient (Wildman–Crippen LogP) is 6.98. The van der Waals surface area contributed by atoms with E-state index in [9.17, 15) is 9.50 Å². The van der Waals surface area contributed by atoms with E-state index in [4.69, 9.17) is 4.74 Å². The van der Waals surface area contributed by atoms with Gasteiger partial charge in [0, 0.05) is 12.2 Å². The number of rotatable bonds is 11. The second-order valence-electron chi connectivity index (χ2n) is 7.00. The van der Waals surface area contributed by atoms with Gasteiger partial charge in [0.25, 0.3) is 0 Å². The first-order chi connectivity index (χ1) is 13.1. The summed E-state index contributed by atoms with van der Waals surface area (Å²) < 4.78 is 20.1. The van der Waals surface area contributed by atoms with Crippen LogP contribution in [0.25, 0.3) is 17.2 Å². The molecule has 2 rings (SSSR count). The molecule has 0 heterocycles. The largest absolute Gasteiger partial charge is 0.508 e. The van der Waals surface area contributed by atoms with E-state index in [1.54, 1.807) is 30.3 Å². The average Bonchev–Trinajstić information content (AvgIpc) is 2.66. The Kier molecular flexibility index (Phi) is 9.06. The molecule has 0 aliphatic rings. The van der Waals surface area contributed by atoms with Crippen LogP contribution < -0.4 is 0 Å². The minimum absolute atomic E-state index is 0.208. The number of allylic oxidation sites excluding steroid dienone is 1. The van der Waals surface area contributed by atoms with Crippen molar-refractivity contribution in [2.45, 2.75) is 58.5 Å². The summed E-state index contributed by atoms with van der Waals surface area (Å²) in [7, 11) is 0. The molecule has 0 fully saturated rings. The Bertz CT molecular complexity index is 707. The highest BCUT2D eigenvalue weighted by Crippen LogP contribution is 2.24. The van der Waals surface area contributed by atoms with E-state index in [-0.39, 0.29) is 17.7 Å². The monoisotopic (exact) mass is 370 g/mol. The number of hydrogen-bond acceptors (Lipinski definition) is 2. The number of phenolic OH excluding ortho intramolecular Hbond substituents is 1. The molecule has 0 saturated heterocycles. The van der Waals surface area contributed by atoms with Gasteiger partial charge < -0.3 is 9.84 Å². The van der Waals surface area contributed by atoms with Crippen LogP contribution in [0.15, 0.2) is 48.5 Å². The topological polar surface area (TPSA) is 29.5 Å². The van der Waals surface area contributed by atoms with E-state index in [0.29, 0.717) is 5.56 Å². The van der Waals surface area contributed by atoms with Crippen molar-refractivity contribution < 1.29 is 14.2 Å². The summed E-state index contributed by atoms with van der Waals surface area (Å²) in [5, 5.41) is 9.35. The molecule has 0 amide bonds. The van der Waals surface area contributed by atoms with E-state index in [1.807, 2.05) is 18.2 Å². The van der Waals surface area contributed by atoms with E-state index in [2.05, 4.69) is 13.8 Å². The normalized spacial score (nSPS) is 12.6. The molecule has 3 heteroatoms. The second kappa shape index (κ2) is 11.6. The lowest BCUT2D eigenvalue weighted by atomic mass is 10.0. The highest BCUT2D eigenvalue weighted by Gasteiger charge is 2.04. The van der Waals surface area contributed by atoms with Gasteiger partial charge in [0.05, 0.1) is 6.10 Å². The third-order valence-corrected chi connectivity index (χ3v) is 4.63. The van der Waals surface area contributed by atoms with Gasteiger partial charge in [-0.2, -0.15) is 0 Å². The second-order valence-corrected chi connectivity index (χ2v) is 7.00. The number of unbranched alkanes of at least 4 members (excludes halogenated alkanes) is 3. The van der Waals surface area contributed by atoms with E-state index >= 15 is 0 Å². The maximum absolute atomic E-state index is 14.3. The molecular weight excluding hydrogens is 339 g/mol. The number of phenols is 1. The van der Waals surface area contributed by atoms with Gasteiger partial charge in [0.15, 0.2) is 0 Å². The fourth-order valence-corrected chi connectivity index (χ4v) is 2.95. The molecule has 27 heavy (non-hydrogen) atoms. The Morgan fingerprint density at radius 1 is 1.04 bits per heavy atom. The SMILES string of the molecule is CCCCCOC(C)CCCC=Cc1ccc(-c2ccc(O)cc2)cc1F. The zero-order valence-electron chi connectivity index (χ0n) is 16.5. The van der Waals surface area contributed by atoms with E-state index < -0.39 is 0 Å². The number of aromatic hydroxyl groups is 1. The van der Waals surface area contributed by atoms with E-state index in [1.165, 1.54) is 18.9 Å². The molecule has 0 radical (unpaired) electrons. The Labute approximate surface area is 162 Å². The van der Waals surface area contributed by atoms with Crippen LogP contribution in [0.5, 0.6) is 5.75 Å². The highest BCUT2D eigenvalue weighted by atomic mass is 19.1. The Morgan fingerprint density at radius 3 is 2.48 bits per heavy atom. The number of benzene rings is 2. The molecular formula is C24H31FO2. The van der Waals surface area contributed by atoms with Gasteiger partial charge in [0.1, 0.15) is 11.6 Å². The van der Waals surface area contributed by atoms with Crippen LogP contribution in [0.3, 0.4) is 0 Å². The van der Waals surface area contributed by atoms with Crippen LogP contribution in [0.2, 0.25) is 0 Å². The maximum Gasteiger partial charge on any atom is 0.131 e. The Hall–Kier alpha value is -2.13. The molecule has 146 valence electrons. The zero-order valence-corrected chi connectivity index (χ0v) is 16.5. The lowest BCUT2D eigenvalue weighted by Crippen LogP contribution is -2.08. The summed E-state index contributed by atoms with van der Waals surface area (Å²) in [6, 6.07) is 12.0. The van der Waals surface area contributed by atoms with Gasteiger partial charge in [-0.3, -0.25) is 0 Å². The Balaban J connectivity index is 1.77. The first kappa shape index (κ1) is 21.2. The fourth-order valence-electron chi connectivity index (χ4n) is 2.95. The lowest BCUT2D eigenvalue weighted by Gasteiger charge is -2.12. The Morgan fingerprint density at radius 2 is 1.78 bits per heavy atom. The van der Waals surface area contributed by atoms with Crippen molar-refractivity contribution >= 4 is 6.08 Å². The zero-order chi connectivity index (χ0) is 19.5. The van der Waals surface area contributed by atoms with Crippen LogP contribution >= 0.6 is 0 Å². The van der Waals surface area contributed by atoms with Gasteiger partial charge in [-0.05, 0) is 61.9 Å². The molecule has 1 atom stereocenters. The number of hydrogen-bond donors (Lipinski definition) is 1. The molecule has 1 unspecified atom stereocenters. The minimum Gasteiger partial charge on any atom is -0.508 e. The van der Waals surface area contributed by atoms with Crippen molar-refractivity contribution in [1.29, 1.82) is 0 Å². The number of halogens is 1. The van der Waals surface area contributed by atoms with Crippen LogP contribution in [-0.4, -0.2) is 17.8 Å². The molecule has 0 spiro atoms. The van der Waals surface area contributed by atoms with Crippen molar-refractivity contribution in [2.24, 2.45) is 0 Å². The first-order valence-electron chi connectivity index (χ1n) is 9.97. The minimum atomic E-state index is -0.232. The fraction of sp³-hybridized carbons (Fsp3) is 0.417. The number of ether oxygens (including phenoxy) is 1. The summed E-state index contributed by atoms with van der Waals surface area (Å²) in [6.45, 7) is 5.17. The predicted molar refractivity (Wildman–Crippen MR) is 111 cm³/mol. The summed E-state index contributed by atoms with van der Waals surface area (Å²) in [4.78, 5) is 0. The molecule has 2 nitrogen and oxygen atoms in total. The quantitative estimate of drug-likeness (QED) is 0.432. The third-order valence-electron chi connectivity index (χ3n) is 4.63. The van der Waals surface area contributed by atoms with Crippen molar-refractivity contribution in [3.05, 3.63) is 59.9 Å². The van der Waals surface area contributed by atoms with Crippen molar-refractivity contribution in [1.82, 2.24) is 0 Å². The maximum atomic E-state index is 14.3. The van der Waals surface area contributed by atoms with Gasteiger partial charge >= 0.3 is 0 Å². The highest BCUT2D eigenvalue weighted by molar-refractivity contribution is 5.66. The molecule has 1 N–H and O–H groups in total. The summed E-state index contributed by atoms with van der Waals surface area (Å²) in [5.74, 6) is -0.0242. The van der Waals surface area contributed by atoms with Crippen molar-refractivity contribution in [2.75, 3.05) is 6.61 Å². The van der Waals surface area contributed by atoms with Gasteiger partial charge in [-0.15, -0.1) is 0 Å². The smallest absolute Gasteiger partial charge is 0.131 e. The molecule has 0 bridgehead atoms. The van der Waals surface area contributed by atoms with Crippen molar-refractivity contribution in [3.8, 4) is 16.9 Å². The van der Waals surface area contributed by atoms with Crippen LogP contribution in [0.1, 0.15) is 57.9 Å². The first-order valence-corrected chi connectivity index (χ1v) is 9.97. The van der Waals surface area contributed by atoms with Gasteiger partial charge in [-0.25, -0.2) is 4.39 Å². The van der Waals surface area contributed by atoms with Crippen LogP contribution in [0.4, 0.5) is 4.39 Å². The van der Waals surface area contributed by atoms with Crippen LogP contribution in [-0.2, 0) is 4.74 Å². The summed E-state index contributed by atoms with van der Waals surface area (Å²) in [6.07, 6.45) is 10.7. The lowest BCUT2D eigenvalue weighted by molar-refractivity contribution is 0.0566. The third kappa shape index (κ3) is 7.56. The van der Waals surface area contributed by atoms with Crippen LogP contribution in [0, 0.1) is 5.82 Å². The standard InChI is InChI=1S/C24H31FO2/c1-3-4-8-17-27-19(2)9-6-5-7-10-21-11-12-22(18-24(21)25)20-13-15-23(26)16-14-20/h7,10-16,18-19,26H,3-6,8-9,17H2,1-2H3. The molecule has 0 saturated carbocycles. The molecule has 0 aromatic heterocycles. The average molecular weight is 371 g/mol. The molecule has 0 aliphatic carbocycles. The van der Waals surface area contributed by atoms with Gasteiger partial charge in [0.2, 0.25) is 0 Å². The molecule has 2 aromatic rings.